The van der Waals surface area contributed by atoms with E-state index in [9.17, 15) is 13.2 Å². The van der Waals surface area contributed by atoms with Gasteiger partial charge in [-0.15, -0.1) is 0 Å². The van der Waals surface area contributed by atoms with E-state index >= 15 is 0 Å². The summed E-state index contributed by atoms with van der Waals surface area (Å²) in [7, 11) is -3.61. The van der Waals surface area contributed by atoms with E-state index in [-0.39, 0.29) is 17.5 Å². The lowest BCUT2D eigenvalue weighted by Gasteiger charge is -2.10. The lowest BCUT2D eigenvalue weighted by molar-refractivity contribution is -0.137. The Balaban J connectivity index is 2.85. The number of aromatic nitrogens is 2. The summed E-state index contributed by atoms with van der Waals surface area (Å²) < 4.78 is 27.1. The highest BCUT2D eigenvalue weighted by Gasteiger charge is 2.18. The molecule has 0 saturated carbocycles. The normalized spacial score (nSPS) is 13.5. The zero-order valence-electron chi connectivity index (χ0n) is 9.62. The first-order chi connectivity index (χ1) is 7.85. The molecule has 0 radical (unpaired) electrons. The molecule has 0 aliphatic rings. The molecule has 0 fully saturated rings. The zero-order chi connectivity index (χ0) is 13.1. The van der Waals surface area contributed by atoms with Gasteiger partial charge in [-0.2, -0.15) is 5.10 Å². The molecule has 17 heavy (non-hydrogen) atoms. The summed E-state index contributed by atoms with van der Waals surface area (Å²) in [5.74, 6) is -1.08. The molecule has 0 aliphatic carbocycles. The van der Waals surface area contributed by atoms with Gasteiger partial charge in [0.05, 0.1) is 6.20 Å². The van der Waals surface area contributed by atoms with Crippen molar-refractivity contribution < 1.29 is 18.3 Å². The Morgan fingerprint density at radius 1 is 1.65 bits per heavy atom. The van der Waals surface area contributed by atoms with Crippen LogP contribution < -0.4 is 4.72 Å². The average Bonchev–Trinajstić information content (AvgIpc) is 2.65. The summed E-state index contributed by atoms with van der Waals surface area (Å²) in [6, 6.07) is -0.178. The highest BCUT2D eigenvalue weighted by molar-refractivity contribution is 7.89. The lowest BCUT2D eigenvalue weighted by Crippen LogP contribution is -2.31. The number of rotatable bonds is 6. The van der Waals surface area contributed by atoms with E-state index in [4.69, 9.17) is 5.11 Å². The van der Waals surface area contributed by atoms with Crippen LogP contribution in [0, 0.1) is 0 Å². The van der Waals surface area contributed by atoms with Gasteiger partial charge < -0.3 is 5.11 Å². The first-order valence-electron chi connectivity index (χ1n) is 5.11. The molecule has 1 unspecified atom stereocenters. The minimum atomic E-state index is -3.61. The Bertz CT molecular complexity index is 494. The number of carboxylic acid groups (broad SMARTS) is 1. The van der Waals surface area contributed by atoms with Crippen molar-refractivity contribution in [3.8, 4) is 0 Å². The van der Waals surface area contributed by atoms with E-state index in [1.54, 1.807) is 6.92 Å². The van der Waals surface area contributed by atoms with Gasteiger partial charge in [-0.1, -0.05) is 6.92 Å². The predicted molar refractivity (Wildman–Crippen MR) is 59.9 cm³/mol. The first kappa shape index (κ1) is 13.7. The van der Waals surface area contributed by atoms with Crippen LogP contribution in [-0.2, 0) is 21.4 Å². The van der Waals surface area contributed by atoms with Gasteiger partial charge in [-0.3, -0.25) is 9.48 Å². The Kier molecular flexibility index (Phi) is 4.24. The molecule has 8 heteroatoms. The van der Waals surface area contributed by atoms with Crippen molar-refractivity contribution in [2.45, 2.75) is 37.8 Å². The van der Waals surface area contributed by atoms with E-state index < -0.39 is 16.0 Å². The largest absolute Gasteiger partial charge is 0.480 e. The smallest absolute Gasteiger partial charge is 0.325 e. The number of nitrogens with one attached hydrogen (secondary N) is 1. The molecule has 2 N–H and O–H groups in total. The standard InChI is InChI=1S/C9H15N3O4S/c1-3-7(2)11-17(15,16)8-4-10-12(5-8)6-9(13)14/h4-5,7,11H,3,6H2,1-2H3,(H,13,14). The molecule has 0 bridgehead atoms. The monoisotopic (exact) mass is 261 g/mol. The van der Waals surface area contributed by atoms with Crippen LogP contribution in [0.25, 0.3) is 0 Å². The molecule has 1 atom stereocenters. The Labute approximate surface area is 99.5 Å². The molecular formula is C9H15N3O4S. The third kappa shape index (κ3) is 3.82. The molecule has 0 saturated heterocycles. The third-order valence-electron chi connectivity index (χ3n) is 2.19. The maximum Gasteiger partial charge on any atom is 0.325 e. The van der Waals surface area contributed by atoms with Crippen LogP contribution >= 0.6 is 0 Å². The second-order valence-corrected chi connectivity index (χ2v) is 5.41. The molecule has 7 nitrogen and oxygen atoms in total. The highest BCUT2D eigenvalue weighted by atomic mass is 32.2. The summed E-state index contributed by atoms with van der Waals surface area (Å²) in [6.07, 6.45) is 3.00. The third-order valence-corrected chi connectivity index (χ3v) is 3.73. The maximum atomic E-state index is 11.8. The van der Waals surface area contributed by atoms with Crippen LogP contribution in [0.15, 0.2) is 17.3 Å². The summed E-state index contributed by atoms with van der Waals surface area (Å²) in [4.78, 5) is 10.4. The van der Waals surface area contributed by atoms with Crippen molar-refractivity contribution in [2.75, 3.05) is 0 Å². The number of sulfonamides is 1. The highest BCUT2D eigenvalue weighted by Crippen LogP contribution is 2.08. The van der Waals surface area contributed by atoms with Gasteiger partial charge in [0, 0.05) is 12.2 Å². The predicted octanol–water partition coefficient (Wildman–Crippen LogP) is 0.0445. The van der Waals surface area contributed by atoms with E-state index in [1.807, 2.05) is 6.92 Å². The number of nitrogens with zero attached hydrogens (tertiary/aromatic N) is 2. The van der Waals surface area contributed by atoms with Crippen molar-refractivity contribution in [1.82, 2.24) is 14.5 Å². The molecule has 1 aromatic rings. The van der Waals surface area contributed by atoms with Crippen LogP contribution in [-0.4, -0.2) is 35.3 Å². The van der Waals surface area contributed by atoms with Crippen LogP contribution in [0.3, 0.4) is 0 Å². The summed E-state index contributed by atoms with van der Waals surface area (Å²) in [5, 5.41) is 12.2. The van der Waals surface area contributed by atoms with Crippen LogP contribution in [0.5, 0.6) is 0 Å². The fourth-order valence-corrected chi connectivity index (χ4v) is 2.40. The minimum absolute atomic E-state index is 0.0287. The van der Waals surface area contributed by atoms with Crippen LogP contribution in [0.2, 0.25) is 0 Å². The van der Waals surface area contributed by atoms with Gasteiger partial charge in [0.15, 0.2) is 0 Å². The number of hydrogen-bond donors (Lipinski definition) is 2. The Hall–Kier alpha value is -1.41. The van der Waals surface area contributed by atoms with E-state index in [2.05, 4.69) is 9.82 Å². The maximum absolute atomic E-state index is 11.8. The molecule has 0 amide bonds. The molecule has 1 rings (SSSR count). The quantitative estimate of drug-likeness (QED) is 0.753. The van der Waals surface area contributed by atoms with E-state index in [1.165, 1.54) is 6.20 Å². The molecule has 0 spiro atoms. The zero-order valence-corrected chi connectivity index (χ0v) is 10.4. The summed E-state index contributed by atoms with van der Waals surface area (Å²) >= 11 is 0. The van der Waals surface area contributed by atoms with Crippen molar-refractivity contribution in [1.29, 1.82) is 0 Å². The van der Waals surface area contributed by atoms with Gasteiger partial charge in [-0.05, 0) is 13.3 Å². The molecule has 1 aromatic heterocycles. The van der Waals surface area contributed by atoms with Crippen molar-refractivity contribution >= 4 is 16.0 Å². The van der Waals surface area contributed by atoms with Crippen LogP contribution in [0.1, 0.15) is 20.3 Å². The average molecular weight is 261 g/mol. The fourth-order valence-electron chi connectivity index (χ4n) is 1.12. The molecular weight excluding hydrogens is 246 g/mol. The SMILES string of the molecule is CCC(C)NS(=O)(=O)c1cnn(CC(=O)O)c1. The molecule has 0 aromatic carbocycles. The van der Waals surface area contributed by atoms with Gasteiger partial charge in [-0.25, -0.2) is 13.1 Å². The summed E-state index contributed by atoms with van der Waals surface area (Å²) in [6.45, 7) is 3.25. The summed E-state index contributed by atoms with van der Waals surface area (Å²) in [5.41, 5.74) is 0. The number of carbonyl (C=O) groups is 1. The Morgan fingerprint density at radius 2 is 2.29 bits per heavy atom. The van der Waals surface area contributed by atoms with Crippen molar-refractivity contribution in [2.24, 2.45) is 0 Å². The van der Waals surface area contributed by atoms with Gasteiger partial charge in [0.25, 0.3) is 0 Å². The van der Waals surface area contributed by atoms with E-state index in [0.717, 1.165) is 10.9 Å². The first-order valence-corrected chi connectivity index (χ1v) is 6.60. The van der Waals surface area contributed by atoms with Crippen molar-refractivity contribution in [3.05, 3.63) is 12.4 Å². The molecule has 96 valence electrons. The Morgan fingerprint density at radius 3 is 2.82 bits per heavy atom. The topological polar surface area (TPSA) is 101 Å². The van der Waals surface area contributed by atoms with Gasteiger partial charge >= 0.3 is 5.97 Å². The second kappa shape index (κ2) is 5.28. The number of aliphatic carboxylic acids is 1. The fraction of sp³-hybridized carbons (Fsp3) is 0.556. The number of carboxylic acids is 1. The van der Waals surface area contributed by atoms with Gasteiger partial charge in [0.2, 0.25) is 10.0 Å². The second-order valence-electron chi connectivity index (χ2n) is 3.70. The molecule has 1 heterocycles. The molecule has 0 aliphatic heterocycles. The lowest BCUT2D eigenvalue weighted by atomic mass is 10.3. The van der Waals surface area contributed by atoms with Gasteiger partial charge in [0.1, 0.15) is 11.4 Å². The minimum Gasteiger partial charge on any atom is -0.480 e. The number of hydrogen-bond acceptors (Lipinski definition) is 4. The van der Waals surface area contributed by atoms with Crippen LogP contribution in [0.4, 0.5) is 0 Å². The van der Waals surface area contributed by atoms with Crippen molar-refractivity contribution in [3.63, 3.8) is 0 Å². The van der Waals surface area contributed by atoms with E-state index in [0.29, 0.717) is 6.42 Å².